The van der Waals surface area contributed by atoms with Crippen molar-refractivity contribution in [3.05, 3.63) is 36.5 Å². The van der Waals surface area contributed by atoms with E-state index in [0.29, 0.717) is 32.1 Å². The monoisotopic (exact) mass is 413 g/mol. The lowest BCUT2D eigenvalue weighted by molar-refractivity contribution is -0.133. The number of morpholine rings is 1. The molecule has 0 bridgehead atoms. The van der Waals surface area contributed by atoms with E-state index in [2.05, 4.69) is 14.8 Å². The Hall–Kier alpha value is -3.07. The van der Waals surface area contributed by atoms with Crippen LogP contribution in [0.2, 0.25) is 0 Å². The summed E-state index contributed by atoms with van der Waals surface area (Å²) in [6.45, 7) is 5.78. The molecule has 1 aromatic heterocycles. The first-order valence-corrected chi connectivity index (χ1v) is 10.2. The number of carbonyl (C=O) groups is 1. The zero-order valence-electron chi connectivity index (χ0n) is 17.2. The Morgan fingerprint density at radius 1 is 0.967 bits per heavy atom. The number of benzene rings is 1. The van der Waals surface area contributed by atoms with Gasteiger partial charge in [-0.2, -0.15) is 4.98 Å². The van der Waals surface area contributed by atoms with Gasteiger partial charge in [0.1, 0.15) is 17.3 Å². The molecule has 4 rings (SSSR count). The standard InChI is InChI=1S/C21H27N5O4/c1-28-17-2-4-18(5-3-17)30-16-20(27)25-10-8-24(9-11-25)19-6-7-22-21(23-19)26-12-14-29-15-13-26/h2-7H,8-16H2,1H3. The van der Waals surface area contributed by atoms with Crippen LogP contribution in [0.3, 0.4) is 0 Å². The van der Waals surface area contributed by atoms with Gasteiger partial charge in [0, 0.05) is 45.5 Å². The van der Waals surface area contributed by atoms with E-state index >= 15 is 0 Å². The van der Waals surface area contributed by atoms with E-state index < -0.39 is 0 Å². The van der Waals surface area contributed by atoms with Crippen LogP contribution in [0.25, 0.3) is 0 Å². The molecule has 2 aromatic rings. The van der Waals surface area contributed by atoms with Crippen molar-refractivity contribution in [2.75, 3.05) is 76.0 Å². The number of aromatic nitrogens is 2. The second-order valence-corrected chi connectivity index (χ2v) is 7.15. The summed E-state index contributed by atoms with van der Waals surface area (Å²) < 4.78 is 16.1. The van der Waals surface area contributed by atoms with Gasteiger partial charge in [-0.1, -0.05) is 0 Å². The maximum Gasteiger partial charge on any atom is 0.260 e. The lowest BCUT2D eigenvalue weighted by Gasteiger charge is -2.35. The number of amides is 1. The molecule has 0 aliphatic carbocycles. The molecule has 3 heterocycles. The lowest BCUT2D eigenvalue weighted by atomic mass is 10.3. The van der Waals surface area contributed by atoms with Crippen LogP contribution in [0.1, 0.15) is 0 Å². The number of hydrogen-bond donors (Lipinski definition) is 0. The van der Waals surface area contributed by atoms with Crippen molar-refractivity contribution in [1.29, 1.82) is 0 Å². The first kappa shape index (κ1) is 20.2. The number of carbonyl (C=O) groups excluding carboxylic acids is 1. The molecular formula is C21H27N5O4. The van der Waals surface area contributed by atoms with Crippen molar-refractivity contribution in [1.82, 2.24) is 14.9 Å². The summed E-state index contributed by atoms with van der Waals surface area (Å²) in [5.41, 5.74) is 0. The summed E-state index contributed by atoms with van der Waals surface area (Å²) in [6, 6.07) is 9.14. The van der Waals surface area contributed by atoms with Crippen LogP contribution < -0.4 is 19.3 Å². The van der Waals surface area contributed by atoms with Gasteiger partial charge in [0.15, 0.2) is 6.61 Å². The number of hydrogen-bond acceptors (Lipinski definition) is 8. The predicted molar refractivity (Wildman–Crippen MR) is 112 cm³/mol. The molecule has 0 unspecified atom stereocenters. The van der Waals surface area contributed by atoms with Gasteiger partial charge in [0.25, 0.3) is 5.91 Å². The van der Waals surface area contributed by atoms with Gasteiger partial charge < -0.3 is 28.9 Å². The summed E-state index contributed by atoms with van der Waals surface area (Å²) in [5, 5.41) is 0. The average Bonchev–Trinajstić information content (AvgIpc) is 2.83. The van der Waals surface area contributed by atoms with Crippen molar-refractivity contribution < 1.29 is 19.0 Å². The van der Waals surface area contributed by atoms with Crippen LogP contribution in [0.4, 0.5) is 11.8 Å². The average molecular weight is 413 g/mol. The van der Waals surface area contributed by atoms with E-state index in [0.717, 1.165) is 43.7 Å². The molecule has 1 aromatic carbocycles. The van der Waals surface area contributed by atoms with Crippen molar-refractivity contribution >= 4 is 17.7 Å². The number of rotatable bonds is 6. The van der Waals surface area contributed by atoms with Gasteiger partial charge in [-0.05, 0) is 30.3 Å². The van der Waals surface area contributed by atoms with Gasteiger partial charge in [-0.3, -0.25) is 4.79 Å². The Labute approximate surface area is 176 Å². The number of nitrogens with zero attached hydrogens (tertiary/aromatic N) is 5. The summed E-state index contributed by atoms with van der Waals surface area (Å²) in [7, 11) is 1.62. The van der Waals surface area contributed by atoms with E-state index in [1.165, 1.54) is 0 Å². The van der Waals surface area contributed by atoms with Crippen LogP contribution in [0, 0.1) is 0 Å². The Morgan fingerprint density at radius 2 is 1.67 bits per heavy atom. The van der Waals surface area contributed by atoms with Crippen molar-refractivity contribution in [3.8, 4) is 11.5 Å². The van der Waals surface area contributed by atoms with Gasteiger partial charge >= 0.3 is 0 Å². The molecule has 2 aliphatic heterocycles. The van der Waals surface area contributed by atoms with Crippen molar-refractivity contribution in [2.24, 2.45) is 0 Å². The van der Waals surface area contributed by atoms with E-state index in [1.807, 2.05) is 23.1 Å². The maximum atomic E-state index is 12.5. The van der Waals surface area contributed by atoms with Gasteiger partial charge in [0.2, 0.25) is 5.95 Å². The molecule has 2 fully saturated rings. The Morgan fingerprint density at radius 3 is 2.37 bits per heavy atom. The summed E-state index contributed by atoms with van der Waals surface area (Å²) in [5.74, 6) is 3.03. The lowest BCUT2D eigenvalue weighted by Crippen LogP contribution is -2.50. The smallest absolute Gasteiger partial charge is 0.260 e. The fraction of sp³-hybridized carbons (Fsp3) is 0.476. The minimum Gasteiger partial charge on any atom is -0.497 e. The van der Waals surface area contributed by atoms with Gasteiger partial charge in [0.05, 0.1) is 20.3 Å². The molecule has 160 valence electrons. The zero-order valence-corrected chi connectivity index (χ0v) is 17.2. The molecule has 0 atom stereocenters. The SMILES string of the molecule is COc1ccc(OCC(=O)N2CCN(c3ccnc(N4CCOCC4)n3)CC2)cc1. The third-order valence-corrected chi connectivity index (χ3v) is 5.30. The highest BCUT2D eigenvalue weighted by Gasteiger charge is 2.23. The molecule has 0 N–H and O–H groups in total. The second-order valence-electron chi connectivity index (χ2n) is 7.15. The Kier molecular flexibility index (Phi) is 6.48. The number of anilines is 2. The zero-order chi connectivity index (χ0) is 20.8. The second kappa shape index (κ2) is 9.62. The van der Waals surface area contributed by atoms with Crippen LogP contribution in [-0.2, 0) is 9.53 Å². The van der Waals surface area contributed by atoms with Crippen LogP contribution in [0.5, 0.6) is 11.5 Å². The largest absolute Gasteiger partial charge is 0.497 e. The highest BCUT2D eigenvalue weighted by Crippen LogP contribution is 2.19. The van der Waals surface area contributed by atoms with Gasteiger partial charge in [-0.15, -0.1) is 0 Å². The van der Waals surface area contributed by atoms with E-state index in [4.69, 9.17) is 19.2 Å². The number of piperazine rings is 1. The maximum absolute atomic E-state index is 12.5. The molecule has 2 saturated heterocycles. The molecule has 30 heavy (non-hydrogen) atoms. The van der Waals surface area contributed by atoms with E-state index in [9.17, 15) is 4.79 Å². The number of methoxy groups -OCH3 is 1. The molecule has 9 nitrogen and oxygen atoms in total. The quantitative estimate of drug-likeness (QED) is 0.695. The summed E-state index contributed by atoms with van der Waals surface area (Å²) in [6.07, 6.45) is 1.80. The molecule has 2 aliphatic rings. The fourth-order valence-electron chi connectivity index (χ4n) is 3.52. The topological polar surface area (TPSA) is 80.3 Å². The summed E-state index contributed by atoms with van der Waals surface area (Å²) in [4.78, 5) is 27.8. The normalized spacial score (nSPS) is 17.0. The minimum atomic E-state index is -0.0119. The third-order valence-electron chi connectivity index (χ3n) is 5.30. The highest BCUT2D eigenvalue weighted by atomic mass is 16.5. The molecule has 1 amide bonds. The predicted octanol–water partition coefficient (Wildman–Crippen LogP) is 1.05. The van der Waals surface area contributed by atoms with Crippen LogP contribution in [0.15, 0.2) is 36.5 Å². The Balaban J connectivity index is 1.27. The van der Waals surface area contributed by atoms with Crippen LogP contribution in [-0.4, -0.2) is 87.0 Å². The fourth-order valence-corrected chi connectivity index (χ4v) is 3.52. The van der Waals surface area contributed by atoms with Gasteiger partial charge in [-0.25, -0.2) is 4.98 Å². The number of ether oxygens (including phenoxy) is 3. The van der Waals surface area contributed by atoms with Crippen molar-refractivity contribution in [3.63, 3.8) is 0 Å². The third kappa shape index (κ3) is 4.91. The molecule has 9 heteroatoms. The molecular weight excluding hydrogens is 386 g/mol. The molecule has 0 radical (unpaired) electrons. The first-order valence-electron chi connectivity index (χ1n) is 10.2. The van der Waals surface area contributed by atoms with E-state index in [-0.39, 0.29) is 12.5 Å². The molecule has 0 spiro atoms. The first-order chi connectivity index (χ1) is 14.7. The molecule has 0 saturated carbocycles. The minimum absolute atomic E-state index is 0.0119. The van der Waals surface area contributed by atoms with Crippen molar-refractivity contribution in [2.45, 2.75) is 0 Å². The summed E-state index contributed by atoms with van der Waals surface area (Å²) >= 11 is 0. The van der Waals surface area contributed by atoms with E-state index in [1.54, 1.807) is 25.4 Å². The van der Waals surface area contributed by atoms with Crippen LogP contribution >= 0.6 is 0 Å². The highest BCUT2D eigenvalue weighted by molar-refractivity contribution is 5.78. The Bertz CT molecular complexity index is 834.